The van der Waals surface area contributed by atoms with E-state index in [1.165, 1.54) is 4.90 Å². The first-order valence-electron chi connectivity index (χ1n) is 6.27. The van der Waals surface area contributed by atoms with Gasteiger partial charge in [0.05, 0.1) is 0 Å². The topological polar surface area (TPSA) is 69.6 Å². The summed E-state index contributed by atoms with van der Waals surface area (Å²) in [6.45, 7) is 1.92. The molecule has 0 spiro atoms. The van der Waals surface area contributed by atoms with Crippen molar-refractivity contribution < 1.29 is 14.7 Å². The summed E-state index contributed by atoms with van der Waals surface area (Å²) in [6, 6.07) is 7.28. The van der Waals surface area contributed by atoms with Gasteiger partial charge >= 0.3 is 12.0 Å². The summed E-state index contributed by atoms with van der Waals surface area (Å²) in [7, 11) is 1.67. The first-order valence-corrected chi connectivity index (χ1v) is 7.66. The van der Waals surface area contributed by atoms with E-state index in [9.17, 15) is 14.7 Å². The van der Waals surface area contributed by atoms with Crippen molar-refractivity contribution in [3.8, 4) is 0 Å². The van der Waals surface area contributed by atoms with Crippen LogP contribution in [-0.2, 0) is 4.79 Å². The van der Waals surface area contributed by atoms with Gasteiger partial charge in [0.2, 0.25) is 0 Å². The number of carboxylic acid groups (broad SMARTS) is 1. The molecule has 0 saturated heterocycles. The summed E-state index contributed by atoms with van der Waals surface area (Å²) in [5.74, 6) is -0.275. The van der Waals surface area contributed by atoms with Gasteiger partial charge in [0.25, 0.3) is 0 Å². The normalized spacial score (nSPS) is 13.3. The molecular formula is C14H20N2O3S. The Morgan fingerprint density at radius 1 is 1.35 bits per heavy atom. The van der Waals surface area contributed by atoms with Crippen LogP contribution in [0.4, 0.5) is 4.79 Å². The first-order chi connectivity index (χ1) is 9.47. The zero-order valence-electron chi connectivity index (χ0n) is 11.9. The molecule has 2 atom stereocenters. The van der Waals surface area contributed by atoms with Crippen LogP contribution in [0.2, 0.25) is 0 Å². The Balaban J connectivity index is 2.77. The van der Waals surface area contributed by atoms with Crippen LogP contribution in [0, 0.1) is 0 Å². The van der Waals surface area contributed by atoms with E-state index in [4.69, 9.17) is 0 Å². The largest absolute Gasteiger partial charge is 0.479 e. The number of aliphatic carboxylic acids is 1. The fourth-order valence-electron chi connectivity index (χ4n) is 1.71. The molecule has 2 amide bonds. The lowest BCUT2D eigenvalue weighted by atomic mass is 10.1. The highest BCUT2D eigenvalue weighted by Crippen LogP contribution is 2.14. The van der Waals surface area contributed by atoms with Gasteiger partial charge in [0.1, 0.15) is 0 Å². The van der Waals surface area contributed by atoms with Crippen LogP contribution in [0.15, 0.2) is 30.3 Å². The number of nitrogens with zero attached hydrogens (tertiary/aromatic N) is 1. The number of amides is 2. The molecule has 1 aromatic rings. The molecule has 2 unspecified atom stereocenters. The number of benzene rings is 1. The molecular weight excluding hydrogens is 276 g/mol. The molecule has 6 heteroatoms. The number of hydrogen-bond donors (Lipinski definition) is 2. The number of nitrogens with one attached hydrogen (secondary N) is 1. The molecule has 20 heavy (non-hydrogen) atoms. The van der Waals surface area contributed by atoms with Crippen LogP contribution in [0.3, 0.4) is 0 Å². The first kappa shape index (κ1) is 16.4. The minimum atomic E-state index is -1.07. The summed E-state index contributed by atoms with van der Waals surface area (Å²) in [5, 5.41) is 11.8. The Bertz CT molecular complexity index is 453. The van der Waals surface area contributed by atoms with Crippen LogP contribution in [0.1, 0.15) is 18.5 Å². The maximum absolute atomic E-state index is 12.1. The van der Waals surface area contributed by atoms with E-state index in [0.717, 1.165) is 5.75 Å². The molecule has 0 bridgehead atoms. The van der Waals surface area contributed by atoms with Crippen molar-refractivity contribution in [1.82, 2.24) is 10.2 Å². The SMILES string of the molecule is CSCC(C)N(C)C(=O)NC(C(=O)O)c1ccccc1. The number of thioether (sulfide) groups is 1. The molecule has 0 aliphatic rings. The van der Waals surface area contributed by atoms with E-state index in [0.29, 0.717) is 5.56 Å². The van der Waals surface area contributed by atoms with Gasteiger partial charge in [-0.2, -0.15) is 11.8 Å². The third kappa shape index (κ3) is 4.45. The zero-order chi connectivity index (χ0) is 15.1. The maximum Gasteiger partial charge on any atom is 0.330 e. The Morgan fingerprint density at radius 2 is 1.95 bits per heavy atom. The van der Waals surface area contributed by atoms with Crippen LogP contribution in [-0.4, -0.2) is 47.1 Å². The van der Waals surface area contributed by atoms with Crippen molar-refractivity contribution in [1.29, 1.82) is 0 Å². The monoisotopic (exact) mass is 296 g/mol. The molecule has 0 aromatic heterocycles. The Hall–Kier alpha value is -1.69. The molecule has 1 rings (SSSR count). The molecule has 0 saturated carbocycles. The van der Waals surface area contributed by atoms with Gasteiger partial charge in [-0.3, -0.25) is 0 Å². The quantitative estimate of drug-likeness (QED) is 0.844. The average molecular weight is 296 g/mol. The van der Waals surface area contributed by atoms with Crippen molar-refractivity contribution in [3.05, 3.63) is 35.9 Å². The molecule has 110 valence electrons. The Labute approximate surface area is 123 Å². The van der Waals surface area contributed by atoms with Crippen molar-refractivity contribution >= 4 is 23.8 Å². The Kier molecular flexibility index (Phi) is 6.38. The number of rotatable bonds is 6. The minimum Gasteiger partial charge on any atom is -0.479 e. The summed E-state index contributed by atoms with van der Waals surface area (Å²) < 4.78 is 0. The second-order valence-corrected chi connectivity index (χ2v) is 5.46. The number of urea groups is 1. The van der Waals surface area contributed by atoms with Gasteiger partial charge in [0, 0.05) is 18.8 Å². The van der Waals surface area contributed by atoms with Gasteiger partial charge in [-0.05, 0) is 18.7 Å². The smallest absolute Gasteiger partial charge is 0.330 e. The van der Waals surface area contributed by atoms with E-state index < -0.39 is 12.0 Å². The third-order valence-electron chi connectivity index (χ3n) is 3.04. The van der Waals surface area contributed by atoms with Crippen molar-refractivity contribution in [2.75, 3.05) is 19.1 Å². The highest BCUT2D eigenvalue weighted by atomic mass is 32.2. The third-order valence-corrected chi connectivity index (χ3v) is 3.85. The molecule has 0 aliphatic heterocycles. The number of carboxylic acids is 1. The predicted octanol–water partition coefficient (Wildman–Crippen LogP) is 2.21. The summed E-state index contributed by atoms with van der Waals surface area (Å²) in [4.78, 5) is 24.9. The summed E-state index contributed by atoms with van der Waals surface area (Å²) in [5.41, 5.74) is 0.555. The van der Waals surface area contributed by atoms with Crippen molar-refractivity contribution in [2.24, 2.45) is 0 Å². The van der Waals surface area contributed by atoms with Gasteiger partial charge in [0.15, 0.2) is 6.04 Å². The lowest BCUT2D eigenvalue weighted by Crippen LogP contribution is -2.46. The molecule has 0 aliphatic carbocycles. The van der Waals surface area contributed by atoms with Crippen LogP contribution < -0.4 is 5.32 Å². The second-order valence-electron chi connectivity index (χ2n) is 4.55. The van der Waals surface area contributed by atoms with Crippen LogP contribution in [0.5, 0.6) is 0 Å². The van der Waals surface area contributed by atoms with Gasteiger partial charge < -0.3 is 15.3 Å². The van der Waals surface area contributed by atoms with E-state index >= 15 is 0 Å². The number of carbonyl (C=O) groups excluding carboxylic acids is 1. The fourth-order valence-corrected chi connectivity index (χ4v) is 2.42. The predicted molar refractivity (Wildman–Crippen MR) is 81.0 cm³/mol. The minimum absolute atomic E-state index is 0.0372. The van der Waals surface area contributed by atoms with Gasteiger partial charge in [-0.1, -0.05) is 30.3 Å². The second kappa shape index (κ2) is 7.79. The van der Waals surface area contributed by atoms with E-state index in [2.05, 4.69) is 5.32 Å². The van der Waals surface area contributed by atoms with Gasteiger partial charge in [-0.15, -0.1) is 0 Å². The fraction of sp³-hybridized carbons (Fsp3) is 0.429. The lowest BCUT2D eigenvalue weighted by Gasteiger charge is -2.26. The Morgan fingerprint density at radius 3 is 2.45 bits per heavy atom. The zero-order valence-corrected chi connectivity index (χ0v) is 12.7. The van der Waals surface area contributed by atoms with E-state index in [1.54, 1.807) is 49.1 Å². The van der Waals surface area contributed by atoms with E-state index in [-0.39, 0.29) is 12.1 Å². The molecule has 5 nitrogen and oxygen atoms in total. The lowest BCUT2D eigenvalue weighted by molar-refractivity contribution is -0.139. The number of hydrogen-bond acceptors (Lipinski definition) is 3. The van der Waals surface area contributed by atoms with Crippen LogP contribution >= 0.6 is 11.8 Å². The molecule has 1 aromatic carbocycles. The van der Waals surface area contributed by atoms with Crippen molar-refractivity contribution in [3.63, 3.8) is 0 Å². The van der Waals surface area contributed by atoms with Crippen LogP contribution in [0.25, 0.3) is 0 Å². The highest BCUT2D eigenvalue weighted by molar-refractivity contribution is 7.98. The molecule has 0 fully saturated rings. The molecule has 2 N–H and O–H groups in total. The summed E-state index contributed by atoms with van der Waals surface area (Å²) in [6.07, 6.45) is 1.96. The standard InChI is InChI=1S/C14H20N2O3S/c1-10(9-20-3)16(2)14(19)15-12(13(17)18)11-7-5-4-6-8-11/h4-8,10,12H,9H2,1-3H3,(H,15,19)(H,17,18). The summed E-state index contributed by atoms with van der Waals surface area (Å²) >= 11 is 1.64. The molecule has 0 heterocycles. The molecule has 0 radical (unpaired) electrons. The van der Waals surface area contributed by atoms with Crippen molar-refractivity contribution in [2.45, 2.75) is 19.0 Å². The average Bonchev–Trinajstić information content (AvgIpc) is 2.44. The number of carbonyl (C=O) groups is 2. The van der Waals surface area contributed by atoms with E-state index in [1.807, 2.05) is 13.2 Å². The van der Waals surface area contributed by atoms with Gasteiger partial charge in [-0.25, -0.2) is 9.59 Å². The highest BCUT2D eigenvalue weighted by Gasteiger charge is 2.24. The maximum atomic E-state index is 12.1.